The maximum Gasteiger partial charge on any atom is 0.264 e. The lowest BCUT2D eigenvalue weighted by molar-refractivity contribution is 0.600. The van der Waals surface area contributed by atoms with Crippen LogP contribution in [0.5, 0.6) is 0 Å². The van der Waals surface area contributed by atoms with E-state index >= 15 is 0 Å². The van der Waals surface area contributed by atoms with Gasteiger partial charge in [0.25, 0.3) is 10.0 Å². The van der Waals surface area contributed by atoms with Crippen molar-refractivity contribution in [3.05, 3.63) is 45.3 Å². The summed E-state index contributed by atoms with van der Waals surface area (Å²) in [6.07, 6.45) is 1.45. The summed E-state index contributed by atoms with van der Waals surface area (Å²) in [5, 5.41) is -0.260. The molecule has 0 amide bonds. The number of nitrogens with two attached hydrogens (primary N) is 1. The van der Waals surface area contributed by atoms with E-state index in [0.29, 0.717) is 10.0 Å². The van der Waals surface area contributed by atoms with E-state index in [0.717, 1.165) is 12.1 Å². The van der Waals surface area contributed by atoms with Crippen LogP contribution in [-0.2, 0) is 10.0 Å². The Morgan fingerprint density at radius 1 is 1.38 bits per heavy atom. The third kappa shape index (κ3) is 3.45. The highest BCUT2D eigenvalue weighted by atomic mass is 79.9. The zero-order chi connectivity index (χ0) is 15.8. The van der Waals surface area contributed by atoms with E-state index in [4.69, 9.17) is 17.3 Å². The van der Waals surface area contributed by atoms with Gasteiger partial charge in [-0.15, -0.1) is 0 Å². The van der Waals surface area contributed by atoms with E-state index in [1.807, 2.05) is 0 Å². The second-order valence-electron chi connectivity index (χ2n) is 4.23. The number of nitrogens with one attached hydrogen (secondary N) is 1. The molecule has 112 valence electrons. The smallest absolute Gasteiger partial charge is 0.264 e. The van der Waals surface area contributed by atoms with E-state index < -0.39 is 15.8 Å². The first-order valence-corrected chi connectivity index (χ1v) is 8.25. The molecule has 0 aliphatic carbocycles. The number of hydrogen-bond donors (Lipinski definition) is 2. The molecule has 0 saturated heterocycles. The molecule has 1 heterocycles. The summed E-state index contributed by atoms with van der Waals surface area (Å²) < 4.78 is 40.8. The fraction of sp³-hybridized carbons (Fsp3) is 0.0833. The molecule has 1 aromatic heterocycles. The highest BCUT2D eigenvalue weighted by Gasteiger charge is 2.21. The number of aryl methyl sites for hydroxylation is 1. The summed E-state index contributed by atoms with van der Waals surface area (Å²) >= 11 is 9.01. The van der Waals surface area contributed by atoms with Crippen molar-refractivity contribution in [2.45, 2.75) is 11.8 Å². The van der Waals surface area contributed by atoms with Gasteiger partial charge in [-0.2, -0.15) is 0 Å². The molecule has 0 unspecified atom stereocenters. The van der Waals surface area contributed by atoms with Crippen molar-refractivity contribution in [2.75, 3.05) is 10.5 Å². The van der Waals surface area contributed by atoms with Gasteiger partial charge in [0.05, 0.1) is 10.7 Å². The van der Waals surface area contributed by atoms with Gasteiger partial charge < -0.3 is 5.73 Å². The Bertz CT molecular complexity index is 814. The van der Waals surface area contributed by atoms with E-state index in [-0.39, 0.29) is 21.4 Å². The molecule has 1 aromatic carbocycles. The minimum absolute atomic E-state index is 0.150. The average Bonchev–Trinajstić information content (AvgIpc) is 2.37. The summed E-state index contributed by atoms with van der Waals surface area (Å²) in [4.78, 5) is 3.66. The normalized spacial score (nSPS) is 11.4. The lowest BCUT2D eigenvalue weighted by Gasteiger charge is -2.11. The molecule has 2 rings (SSSR count). The van der Waals surface area contributed by atoms with Crippen LogP contribution in [0, 0.1) is 12.7 Å². The molecule has 0 aliphatic rings. The molecule has 0 spiro atoms. The van der Waals surface area contributed by atoms with Crippen LogP contribution in [-0.4, -0.2) is 13.4 Å². The van der Waals surface area contributed by atoms with Crippen LogP contribution in [0.3, 0.4) is 0 Å². The van der Waals surface area contributed by atoms with Gasteiger partial charge in [-0.3, -0.25) is 4.72 Å². The number of aromatic nitrogens is 1. The van der Waals surface area contributed by atoms with Gasteiger partial charge in [0, 0.05) is 10.7 Å². The van der Waals surface area contributed by atoms with E-state index in [2.05, 4.69) is 25.6 Å². The number of nitrogens with zero attached hydrogens (tertiary/aromatic N) is 1. The SMILES string of the molecule is Cc1cc(Br)cnc1NS(=O)(=O)c1cc(N)c(F)cc1Cl. The molecule has 0 aliphatic heterocycles. The molecule has 0 bridgehead atoms. The van der Waals surface area contributed by atoms with E-state index in [1.165, 1.54) is 6.20 Å². The minimum atomic E-state index is -4.03. The van der Waals surface area contributed by atoms with Gasteiger partial charge in [-0.05, 0) is 46.6 Å². The lowest BCUT2D eigenvalue weighted by atomic mass is 10.3. The van der Waals surface area contributed by atoms with Gasteiger partial charge in [-0.1, -0.05) is 11.6 Å². The molecular formula is C12H10BrClFN3O2S. The number of hydrogen-bond acceptors (Lipinski definition) is 4. The number of benzene rings is 1. The topological polar surface area (TPSA) is 85.1 Å². The van der Waals surface area contributed by atoms with Crippen LogP contribution in [0.25, 0.3) is 0 Å². The van der Waals surface area contributed by atoms with Crippen molar-refractivity contribution in [3.63, 3.8) is 0 Å². The molecule has 0 saturated carbocycles. The number of nitrogen functional groups attached to an aromatic ring is 1. The van der Waals surface area contributed by atoms with Crippen LogP contribution in [0.4, 0.5) is 15.9 Å². The molecular weight excluding hydrogens is 385 g/mol. The van der Waals surface area contributed by atoms with Crippen LogP contribution >= 0.6 is 27.5 Å². The number of pyridine rings is 1. The molecule has 0 radical (unpaired) electrons. The van der Waals surface area contributed by atoms with Gasteiger partial charge >= 0.3 is 0 Å². The maximum atomic E-state index is 13.2. The number of anilines is 2. The van der Waals surface area contributed by atoms with Crippen molar-refractivity contribution >= 4 is 49.1 Å². The molecule has 2 aromatic rings. The average molecular weight is 395 g/mol. The Balaban J connectivity index is 2.46. The first-order valence-electron chi connectivity index (χ1n) is 5.60. The number of halogens is 3. The summed E-state index contributed by atoms with van der Waals surface area (Å²) in [5.41, 5.74) is 5.69. The fourth-order valence-corrected chi connectivity index (χ4v) is 3.66. The van der Waals surface area contributed by atoms with Crippen molar-refractivity contribution in [3.8, 4) is 0 Å². The van der Waals surface area contributed by atoms with Crippen molar-refractivity contribution in [1.82, 2.24) is 4.98 Å². The standard InChI is InChI=1S/C12H10BrClFN3O2S/c1-6-2-7(13)5-17-12(6)18-21(19,20)11-4-10(16)9(15)3-8(11)14/h2-5H,16H2,1H3,(H,17,18). The highest BCUT2D eigenvalue weighted by Crippen LogP contribution is 2.28. The predicted molar refractivity (Wildman–Crippen MR) is 83.3 cm³/mol. The first-order chi connectivity index (χ1) is 9.70. The molecule has 0 atom stereocenters. The summed E-state index contributed by atoms with van der Waals surface area (Å²) in [5.74, 6) is -0.630. The number of sulfonamides is 1. The Hall–Kier alpha value is -1.38. The zero-order valence-electron chi connectivity index (χ0n) is 10.7. The van der Waals surface area contributed by atoms with Gasteiger partial charge in [-0.25, -0.2) is 17.8 Å². The van der Waals surface area contributed by atoms with Gasteiger partial charge in [0.2, 0.25) is 0 Å². The minimum Gasteiger partial charge on any atom is -0.396 e. The molecule has 5 nitrogen and oxygen atoms in total. The van der Waals surface area contributed by atoms with Crippen molar-refractivity contribution in [1.29, 1.82) is 0 Å². The van der Waals surface area contributed by atoms with Crippen molar-refractivity contribution < 1.29 is 12.8 Å². The van der Waals surface area contributed by atoms with Crippen LogP contribution in [0.1, 0.15) is 5.56 Å². The molecule has 21 heavy (non-hydrogen) atoms. The quantitative estimate of drug-likeness (QED) is 0.782. The van der Waals surface area contributed by atoms with Crippen LogP contribution < -0.4 is 10.5 Å². The zero-order valence-corrected chi connectivity index (χ0v) is 13.9. The lowest BCUT2D eigenvalue weighted by Crippen LogP contribution is -2.16. The van der Waals surface area contributed by atoms with Crippen LogP contribution in [0.15, 0.2) is 33.8 Å². The summed E-state index contributed by atoms with van der Waals surface area (Å²) in [6, 6.07) is 3.52. The monoisotopic (exact) mass is 393 g/mol. The van der Waals surface area contributed by atoms with Crippen LogP contribution in [0.2, 0.25) is 5.02 Å². The Labute approximate surface area is 134 Å². The van der Waals surface area contributed by atoms with E-state index in [1.54, 1.807) is 13.0 Å². The first kappa shape index (κ1) is 16.0. The van der Waals surface area contributed by atoms with Gasteiger partial charge in [0.15, 0.2) is 0 Å². The Morgan fingerprint density at radius 2 is 2.05 bits per heavy atom. The summed E-state index contributed by atoms with van der Waals surface area (Å²) in [7, 11) is -4.03. The molecule has 3 N–H and O–H groups in total. The third-order valence-electron chi connectivity index (χ3n) is 2.62. The Morgan fingerprint density at radius 3 is 2.67 bits per heavy atom. The molecule has 9 heteroatoms. The summed E-state index contributed by atoms with van der Waals surface area (Å²) in [6.45, 7) is 1.69. The third-order valence-corrected chi connectivity index (χ3v) is 4.85. The second-order valence-corrected chi connectivity index (χ2v) is 7.20. The number of rotatable bonds is 3. The van der Waals surface area contributed by atoms with E-state index in [9.17, 15) is 12.8 Å². The van der Waals surface area contributed by atoms with Crippen molar-refractivity contribution in [2.24, 2.45) is 0 Å². The second kappa shape index (κ2) is 5.78. The predicted octanol–water partition coefficient (Wildman–Crippen LogP) is 3.33. The molecule has 0 fully saturated rings. The van der Waals surface area contributed by atoms with Gasteiger partial charge in [0.1, 0.15) is 16.5 Å². The fourth-order valence-electron chi connectivity index (χ4n) is 1.58. The maximum absolute atomic E-state index is 13.2. The highest BCUT2D eigenvalue weighted by molar-refractivity contribution is 9.10. The Kier molecular flexibility index (Phi) is 4.40. The largest absolute Gasteiger partial charge is 0.396 e.